The van der Waals surface area contributed by atoms with Crippen LogP contribution in [0.25, 0.3) is 0 Å². The van der Waals surface area contributed by atoms with Crippen LogP contribution in [0.1, 0.15) is 12.0 Å². The molecule has 0 aromatic heterocycles. The van der Waals surface area contributed by atoms with Gasteiger partial charge in [0.25, 0.3) is 0 Å². The Bertz CT molecular complexity index is 422. The molecule has 0 aliphatic carbocycles. The number of halogens is 1. The minimum absolute atomic E-state index is 0.0241. The molecule has 0 spiro atoms. The summed E-state index contributed by atoms with van der Waals surface area (Å²) in [5, 5.41) is 11.9. The second kappa shape index (κ2) is 7.08. The number of ether oxygens (including phenoxy) is 1. The number of rotatable bonds is 6. The third-order valence-corrected chi connectivity index (χ3v) is 2.64. The minimum Gasteiger partial charge on any atom is -0.492 e. The van der Waals surface area contributed by atoms with Crippen LogP contribution in [0.3, 0.4) is 0 Å². The average Bonchev–Trinajstić information content (AvgIpc) is 2.34. The topological polar surface area (TPSA) is 71.1 Å². The lowest BCUT2D eigenvalue weighted by molar-refractivity contribution is 0.281. The molecule has 0 saturated carbocycles. The zero-order chi connectivity index (χ0) is 13.5. The lowest BCUT2D eigenvalue weighted by atomic mass is 10.2. The summed E-state index contributed by atoms with van der Waals surface area (Å²) in [6.45, 7) is 1.56. The molecule has 0 fully saturated rings. The first kappa shape index (κ1) is 14.6. The van der Waals surface area contributed by atoms with Gasteiger partial charge in [-0.2, -0.15) is 0 Å². The second-order valence-electron chi connectivity index (χ2n) is 4.14. The van der Waals surface area contributed by atoms with Gasteiger partial charge in [-0.3, -0.25) is 0 Å². The van der Waals surface area contributed by atoms with Gasteiger partial charge in [0.1, 0.15) is 5.75 Å². The Morgan fingerprint density at radius 2 is 2.22 bits per heavy atom. The summed E-state index contributed by atoms with van der Waals surface area (Å²) in [4.78, 5) is 2.09. The van der Waals surface area contributed by atoms with Gasteiger partial charge < -0.3 is 20.6 Å². The van der Waals surface area contributed by atoms with E-state index in [0.29, 0.717) is 22.9 Å². The van der Waals surface area contributed by atoms with Gasteiger partial charge in [-0.1, -0.05) is 16.8 Å². The van der Waals surface area contributed by atoms with E-state index in [1.165, 1.54) is 0 Å². The van der Waals surface area contributed by atoms with E-state index in [2.05, 4.69) is 10.1 Å². The summed E-state index contributed by atoms with van der Waals surface area (Å²) in [6, 6.07) is 5.02. The van der Waals surface area contributed by atoms with Crippen molar-refractivity contribution in [2.45, 2.75) is 6.42 Å². The van der Waals surface area contributed by atoms with Crippen LogP contribution in [0, 0.1) is 0 Å². The van der Waals surface area contributed by atoms with E-state index in [1.54, 1.807) is 18.2 Å². The standard InChI is InChI=1S/C12H18ClN3O2/c1-16(2)6-3-7-18-11-5-4-9(8-10(11)13)12(14)15-17/h4-5,8,17H,3,6-7H2,1-2H3,(H2,14,15). The highest BCUT2D eigenvalue weighted by atomic mass is 35.5. The van der Waals surface area contributed by atoms with Gasteiger partial charge in [-0.05, 0) is 38.7 Å². The maximum atomic E-state index is 8.56. The second-order valence-corrected chi connectivity index (χ2v) is 4.54. The van der Waals surface area contributed by atoms with Crippen LogP contribution in [-0.2, 0) is 0 Å². The van der Waals surface area contributed by atoms with Crippen molar-refractivity contribution in [3.63, 3.8) is 0 Å². The molecule has 0 amide bonds. The average molecular weight is 272 g/mol. The van der Waals surface area contributed by atoms with Gasteiger partial charge in [0.15, 0.2) is 5.84 Å². The molecule has 1 aromatic carbocycles. The van der Waals surface area contributed by atoms with Gasteiger partial charge >= 0.3 is 0 Å². The molecule has 0 atom stereocenters. The van der Waals surface area contributed by atoms with Crippen LogP contribution < -0.4 is 10.5 Å². The zero-order valence-corrected chi connectivity index (χ0v) is 11.3. The number of hydrogen-bond donors (Lipinski definition) is 2. The zero-order valence-electron chi connectivity index (χ0n) is 10.6. The van der Waals surface area contributed by atoms with Gasteiger partial charge in [0.2, 0.25) is 0 Å². The maximum Gasteiger partial charge on any atom is 0.170 e. The van der Waals surface area contributed by atoms with Crippen LogP contribution in [0.5, 0.6) is 5.75 Å². The fraction of sp³-hybridized carbons (Fsp3) is 0.417. The minimum atomic E-state index is 0.0241. The first-order valence-electron chi connectivity index (χ1n) is 5.59. The molecule has 3 N–H and O–H groups in total. The van der Waals surface area contributed by atoms with Crippen molar-refractivity contribution >= 4 is 17.4 Å². The first-order chi connectivity index (χ1) is 8.54. The SMILES string of the molecule is CN(C)CCCOc1ccc(C(N)=NO)cc1Cl. The number of nitrogens with two attached hydrogens (primary N) is 1. The Morgan fingerprint density at radius 1 is 1.50 bits per heavy atom. The molecule has 1 aromatic rings. The van der Waals surface area contributed by atoms with E-state index in [1.807, 2.05) is 14.1 Å². The Kier molecular flexibility index (Phi) is 5.74. The highest BCUT2D eigenvalue weighted by Gasteiger charge is 2.06. The third-order valence-electron chi connectivity index (χ3n) is 2.34. The number of hydrogen-bond acceptors (Lipinski definition) is 4. The number of amidine groups is 1. The highest BCUT2D eigenvalue weighted by molar-refractivity contribution is 6.32. The molecule has 0 radical (unpaired) electrons. The molecule has 0 bridgehead atoms. The molecule has 6 heteroatoms. The van der Waals surface area contributed by atoms with E-state index in [-0.39, 0.29) is 5.84 Å². The van der Waals surface area contributed by atoms with E-state index in [0.717, 1.165) is 13.0 Å². The van der Waals surface area contributed by atoms with E-state index >= 15 is 0 Å². The highest BCUT2D eigenvalue weighted by Crippen LogP contribution is 2.25. The summed E-state index contributed by atoms with van der Waals surface area (Å²) >= 11 is 6.04. The van der Waals surface area contributed by atoms with Crippen LogP contribution >= 0.6 is 11.6 Å². The summed E-state index contributed by atoms with van der Waals surface area (Å²) < 4.78 is 5.55. The predicted octanol–water partition coefficient (Wildman–Crippen LogP) is 1.76. The summed E-state index contributed by atoms with van der Waals surface area (Å²) in [7, 11) is 4.03. The van der Waals surface area contributed by atoms with Crippen molar-refractivity contribution in [3.8, 4) is 5.75 Å². The fourth-order valence-electron chi connectivity index (χ4n) is 1.40. The molecule has 0 heterocycles. The molecule has 0 saturated heterocycles. The molecule has 18 heavy (non-hydrogen) atoms. The largest absolute Gasteiger partial charge is 0.492 e. The smallest absolute Gasteiger partial charge is 0.170 e. The maximum absolute atomic E-state index is 8.56. The Labute approximate surface area is 112 Å². The van der Waals surface area contributed by atoms with Gasteiger partial charge in [-0.15, -0.1) is 0 Å². The number of nitrogens with zero attached hydrogens (tertiary/aromatic N) is 2. The molecule has 5 nitrogen and oxygen atoms in total. The monoisotopic (exact) mass is 271 g/mol. The Morgan fingerprint density at radius 3 is 2.78 bits per heavy atom. The van der Waals surface area contributed by atoms with E-state index < -0.39 is 0 Å². The van der Waals surface area contributed by atoms with Crippen molar-refractivity contribution in [1.82, 2.24) is 4.90 Å². The molecule has 0 aliphatic heterocycles. The number of oxime groups is 1. The van der Waals surface area contributed by atoms with Crippen LogP contribution in [0.4, 0.5) is 0 Å². The van der Waals surface area contributed by atoms with Crippen molar-refractivity contribution in [2.75, 3.05) is 27.2 Å². The van der Waals surface area contributed by atoms with E-state index in [4.69, 9.17) is 27.3 Å². The van der Waals surface area contributed by atoms with Crippen LogP contribution in [0.2, 0.25) is 5.02 Å². The quantitative estimate of drug-likeness (QED) is 0.272. The van der Waals surface area contributed by atoms with Crippen molar-refractivity contribution in [1.29, 1.82) is 0 Å². The van der Waals surface area contributed by atoms with Gasteiger partial charge in [0, 0.05) is 12.1 Å². The molecule has 1 rings (SSSR count). The molecular formula is C12H18ClN3O2. The normalized spacial score (nSPS) is 11.9. The van der Waals surface area contributed by atoms with Crippen molar-refractivity contribution in [2.24, 2.45) is 10.9 Å². The molecule has 0 unspecified atom stereocenters. The summed E-state index contributed by atoms with van der Waals surface area (Å²) in [5.74, 6) is 0.626. The van der Waals surface area contributed by atoms with Crippen molar-refractivity contribution < 1.29 is 9.94 Å². The Balaban J connectivity index is 2.58. The first-order valence-corrected chi connectivity index (χ1v) is 5.97. The lowest BCUT2D eigenvalue weighted by Crippen LogP contribution is -2.16. The van der Waals surface area contributed by atoms with Crippen LogP contribution in [0.15, 0.2) is 23.4 Å². The molecular weight excluding hydrogens is 254 g/mol. The summed E-state index contributed by atoms with van der Waals surface area (Å²) in [6.07, 6.45) is 0.922. The Hall–Kier alpha value is -1.46. The lowest BCUT2D eigenvalue weighted by Gasteiger charge is -2.11. The van der Waals surface area contributed by atoms with E-state index in [9.17, 15) is 0 Å². The summed E-state index contributed by atoms with van der Waals surface area (Å²) in [5.41, 5.74) is 6.02. The molecule has 100 valence electrons. The number of benzene rings is 1. The van der Waals surface area contributed by atoms with Crippen LogP contribution in [-0.4, -0.2) is 43.2 Å². The van der Waals surface area contributed by atoms with Gasteiger partial charge in [-0.25, -0.2) is 0 Å². The van der Waals surface area contributed by atoms with Gasteiger partial charge in [0.05, 0.1) is 11.6 Å². The third kappa shape index (κ3) is 4.43. The predicted molar refractivity (Wildman–Crippen MR) is 72.6 cm³/mol. The molecule has 0 aliphatic rings. The van der Waals surface area contributed by atoms with Crippen molar-refractivity contribution in [3.05, 3.63) is 28.8 Å². The fourth-order valence-corrected chi connectivity index (χ4v) is 1.63.